The molecule has 0 atom stereocenters. The number of nitrogens with one attached hydrogen (secondary N) is 2. The largest absolute Gasteiger partial charge is 0.357 e. The van der Waals surface area contributed by atoms with Gasteiger partial charge in [-0.25, -0.2) is 4.98 Å². The number of anilines is 2. The van der Waals surface area contributed by atoms with Crippen LogP contribution in [-0.4, -0.2) is 40.1 Å². The van der Waals surface area contributed by atoms with Crippen LogP contribution in [0.2, 0.25) is 0 Å². The first kappa shape index (κ1) is 11.3. The van der Waals surface area contributed by atoms with Crippen molar-refractivity contribution in [3.63, 3.8) is 0 Å². The van der Waals surface area contributed by atoms with Crippen LogP contribution in [0.15, 0.2) is 6.33 Å². The summed E-state index contributed by atoms with van der Waals surface area (Å²) in [4.78, 5) is 18.7. The van der Waals surface area contributed by atoms with Gasteiger partial charge in [-0.15, -0.1) is 0 Å². The van der Waals surface area contributed by atoms with Crippen LogP contribution in [0.4, 0.5) is 11.8 Å². The molecule has 18 heavy (non-hydrogen) atoms. The molecule has 6 heteroatoms. The molecule has 1 saturated heterocycles. The molecule has 1 aliphatic heterocycles. The Morgan fingerprint density at radius 3 is 2.67 bits per heavy atom. The molecule has 1 fully saturated rings. The van der Waals surface area contributed by atoms with E-state index in [1.807, 2.05) is 7.05 Å². The van der Waals surface area contributed by atoms with E-state index in [0.717, 1.165) is 30.1 Å². The van der Waals surface area contributed by atoms with E-state index < -0.39 is 0 Å². The van der Waals surface area contributed by atoms with Gasteiger partial charge >= 0.3 is 0 Å². The van der Waals surface area contributed by atoms with Gasteiger partial charge in [0.05, 0.1) is 6.33 Å². The number of rotatable bonds is 2. The van der Waals surface area contributed by atoms with Gasteiger partial charge in [0.15, 0.2) is 11.5 Å². The van der Waals surface area contributed by atoms with Crippen LogP contribution >= 0.6 is 0 Å². The summed E-state index contributed by atoms with van der Waals surface area (Å²) in [7, 11) is 1.83. The number of imidazole rings is 1. The Kier molecular flexibility index (Phi) is 3.00. The number of hydrogen-bond acceptors (Lipinski definition) is 5. The minimum atomic E-state index is 0.633. The van der Waals surface area contributed by atoms with Crippen LogP contribution in [0.3, 0.4) is 0 Å². The Balaban J connectivity index is 2.04. The average Bonchev–Trinajstić information content (AvgIpc) is 2.70. The topological polar surface area (TPSA) is 69.7 Å². The molecule has 2 N–H and O–H groups in total. The lowest BCUT2D eigenvalue weighted by molar-refractivity contribution is 0.726. The predicted octanol–water partition coefficient (Wildman–Crippen LogP) is 1.77. The second kappa shape index (κ2) is 4.80. The van der Waals surface area contributed by atoms with Crippen molar-refractivity contribution in [2.24, 2.45) is 0 Å². The van der Waals surface area contributed by atoms with Gasteiger partial charge in [-0.2, -0.15) is 9.97 Å². The Bertz CT molecular complexity index is 526. The van der Waals surface area contributed by atoms with Gasteiger partial charge < -0.3 is 15.2 Å². The van der Waals surface area contributed by atoms with Crippen molar-refractivity contribution in [1.29, 1.82) is 0 Å². The van der Waals surface area contributed by atoms with Gasteiger partial charge in [-0.3, -0.25) is 0 Å². The molecule has 0 saturated carbocycles. The molecule has 3 rings (SSSR count). The second-order valence-corrected chi connectivity index (χ2v) is 4.62. The molecule has 0 unspecified atom stereocenters. The van der Waals surface area contributed by atoms with E-state index >= 15 is 0 Å². The van der Waals surface area contributed by atoms with E-state index in [9.17, 15) is 0 Å². The zero-order chi connectivity index (χ0) is 12.4. The second-order valence-electron chi connectivity index (χ2n) is 4.62. The van der Waals surface area contributed by atoms with Crippen LogP contribution in [0.25, 0.3) is 11.2 Å². The molecular formula is C12H18N6. The zero-order valence-corrected chi connectivity index (χ0v) is 10.6. The SMILES string of the molecule is CNc1nc(N2CCCCCC2)c2[nH]cnc2n1. The fourth-order valence-electron chi connectivity index (χ4n) is 2.44. The molecule has 96 valence electrons. The Labute approximate surface area is 106 Å². The van der Waals surface area contributed by atoms with Crippen molar-refractivity contribution in [3.8, 4) is 0 Å². The molecule has 0 radical (unpaired) electrons. The summed E-state index contributed by atoms with van der Waals surface area (Å²) >= 11 is 0. The van der Waals surface area contributed by atoms with Gasteiger partial charge in [-0.1, -0.05) is 12.8 Å². The van der Waals surface area contributed by atoms with Crippen molar-refractivity contribution in [3.05, 3.63) is 6.33 Å². The molecule has 0 aromatic carbocycles. The third-order valence-electron chi connectivity index (χ3n) is 3.40. The normalized spacial score (nSPS) is 16.8. The summed E-state index contributed by atoms with van der Waals surface area (Å²) in [6.45, 7) is 2.13. The minimum Gasteiger partial charge on any atom is -0.357 e. The highest BCUT2D eigenvalue weighted by molar-refractivity contribution is 5.84. The van der Waals surface area contributed by atoms with E-state index in [1.54, 1.807) is 6.33 Å². The number of nitrogens with zero attached hydrogens (tertiary/aromatic N) is 4. The highest BCUT2D eigenvalue weighted by atomic mass is 15.2. The van der Waals surface area contributed by atoms with E-state index in [2.05, 4.69) is 30.2 Å². The Morgan fingerprint density at radius 1 is 1.17 bits per heavy atom. The average molecular weight is 246 g/mol. The third-order valence-corrected chi connectivity index (χ3v) is 3.40. The number of H-pyrrole nitrogens is 1. The third kappa shape index (κ3) is 1.98. The lowest BCUT2D eigenvalue weighted by atomic mass is 10.2. The molecule has 0 aliphatic carbocycles. The summed E-state index contributed by atoms with van der Waals surface area (Å²) in [5, 5.41) is 3.00. The maximum Gasteiger partial charge on any atom is 0.226 e. The number of hydrogen-bond donors (Lipinski definition) is 2. The van der Waals surface area contributed by atoms with Crippen molar-refractivity contribution < 1.29 is 0 Å². The Hall–Kier alpha value is -1.85. The van der Waals surface area contributed by atoms with Gasteiger partial charge in [0.1, 0.15) is 5.52 Å². The first-order valence-electron chi connectivity index (χ1n) is 6.52. The maximum atomic E-state index is 4.59. The smallest absolute Gasteiger partial charge is 0.226 e. The molecule has 0 amide bonds. The standard InChI is InChI=1S/C12H18N6/c1-13-12-16-10-9(14-8-15-10)11(17-12)18-6-4-2-3-5-7-18/h8H,2-7H2,1H3,(H2,13,14,15,16,17). The van der Waals surface area contributed by atoms with E-state index in [-0.39, 0.29) is 0 Å². The van der Waals surface area contributed by atoms with Gasteiger partial charge in [0, 0.05) is 20.1 Å². The summed E-state index contributed by atoms with van der Waals surface area (Å²) in [5.41, 5.74) is 1.67. The fourth-order valence-corrected chi connectivity index (χ4v) is 2.44. The lowest BCUT2D eigenvalue weighted by Gasteiger charge is -2.22. The van der Waals surface area contributed by atoms with Gasteiger partial charge in [0.2, 0.25) is 5.95 Å². The van der Waals surface area contributed by atoms with Crippen LogP contribution in [-0.2, 0) is 0 Å². The monoisotopic (exact) mass is 246 g/mol. The fraction of sp³-hybridized carbons (Fsp3) is 0.583. The summed E-state index contributed by atoms with van der Waals surface area (Å²) in [5.74, 6) is 1.61. The van der Waals surface area contributed by atoms with E-state index in [0.29, 0.717) is 5.95 Å². The van der Waals surface area contributed by atoms with Gasteiger partial charge in [0.25, 0.3) is 0 Å². The maximum absolute atomic E-state index is 4.59. The van der Waals surface area contributed by atoms with Crippen LogP contribution in [0.5, 0.6) is 0 Å². The van der Waals surface area contributed by atoms with Crippen molar-refractivity contribution in [2.45, 2.75) is 25.7 Å². The van der Waals surface area contributed by atoms with Crippen molar-refractivity contribution in [1.82, 2.24) is 19.9 Å². The minimum absolute atomic E-state index is 0.633. The first-order chi connectivity index (χ1) is 8.88. The van der Waals surface area contributed by atoms with Crippen molar-refractivity contribution >= 4 is 22.9 Å². The van der Waals surface area contributed by atoms with Gasteiger partial charge in [-0.05, 0) is 12.8 Å². The first-order valence-corrected chi connectivity index (χ1v) is 6.52. The quantitative estimate of drug-likeness (QED) is 0.845. The molecular weight excluding hydrogens is 228 g/mol. The van der Waals surface area contributed by atoms with Crippen molar-refractivity contribution in [2.75, 3.05) is 30.4 Å². The number of fused-ring (bicyclic) bond motifs is 1. The zero-order valence-electron chi connectivity index (χ0n) is 10.6. The van der Waals surface area contributed by atoms with Crippen LogP contribution in [0, 0.1) is 0 Å². The Morgan fingerprint density at radius 2 is 1.94 bits per heavy atom. The molecule has 0 spiro atoms. The molecule has 1 aliphatic rings. The van der Waals surface area contributed by atoms with E-state index in [1.165, 1.54) is 25.7 Å². The molecule has 6 nitrogen and oxygen atoms in total. The molecule has 2 aromatic rings. The summed E-state index contributed by atoms with van der Waals surface area (Å²) in [6, 6.07) is 0. The molecule has 2 aromatic heterocycles. The number of aromatic nitrogens is 4. The number of aromatic amines is 1. The predicted molar refractivity (Wildman–Crippen MR) is 71.9 cm³/mol. The lowest BCUT2D eigenvalue weighted by Crippen LogP contribution is -2.25. The molecule has 0 bridgehead atoms. The molecule has 3 heterocycles. The van der Waals surface area contributed by atoms with E-state index in [4.69, 9.17) is 0 Å². The summed E-state index contributed by atoms with van der Waals surface area (Å²) < 4.78 is 0. The highest BCUT2D eigenvalue weighted by Crippen LogP contribution is 2.24. The summed E-state index contributed by atoms with van der Waals surface area (Å²) in [6.07, 6.45) is 6.77. The van der Waals surface area contributed by atoms with Crippen LogP contribution < -0.4 is 10.2 Å². The highest BCUT2D eigenvalue weighted by Gasteiger charge is 2.17. The van der Waals surface area contributed by atoms with Crippen LogP contribution in [0.1, 0.15) is 25.7 Å².